The number of nitro benzene ring substituents is 1. The highest BCUT2D eigenvalue weighted by Crippen LogP contribution is 2.23. The Kier molecular flexibility index (Phi) is 5.69. The summed E-state index contributed by atoms with van der Waals surface area (Å²) in [5, 5.41) is 20.2. The standard InChI is InChI=1S/C19H18N2O3/c1-3-14(2)24-19-9-7-15(8-10-19)11-17(13-20)16-5-4-6-18(12-16)21(22)23/h4-12,14H,3H2,1-2H3/b17-11-/t14-/m1/s1. The molecule has 0 saturated heterocycles. The van der Waals surface area contributed by atoms with Crippen LogP contribution in [0.2, 0.25) is 0 Å². The number of benzene rings is 2. The van der Waals surface area contributed by atoms with E-state index in [2.05, 4.69) is 13.0 Å². The molecule has 0 amide bonds. The Labute approximate surface area is 141 Å². The fraction of sp³-hybridized carbons (Fsp3) is 0.211. The quantitative estimate of drug-likeness (QED) is 0.330. The topological polar surface area (TPSA) is 76.2 Å². The average Bonchev–Trinajstić information content (AvgIpc) is 2.61. The van der Waals surface area contributed by atoms with E-state index in [4.69, 9.17) is 4.74 Å². The van der Waals surface area contributed by atoms with Crippen LogP contribution in [-0.4, -0.2) is 11.0 Å². The number of non-ortho nitro benzene ring substituents is 1. The van der Waals surface area contributed by atoms with Crippen LogP contribution in [0.15, 0.2) is 48.5 Å². The molecule has 122 valence electrons. The van der Waals surface area contributed by atoms with Gasteiger partial charge >= 0.3 is 0 Å². The molecule has 1 atom stereocenters. The maximum atomic E-state index is 10.9. The van der Waals surface area contributed by atoms with Crippen LogP contribution in [0.1, 0.15) is 31.4 Å². The molecule has 0 spiro atoms. The van der Waals surface area contributed by atoms with Crippen molar-refractivity contribution >= 4 is 17.3 Å². The average molecular weight is 322 g/mol. The molecular formula is C19H18N2O3. The molecule has 0 aliphatic carbocycles. The van der Waals surface area contributed by atoms with Gasteiger partial charge in [-0.1, -0.05) is 31.2 Å². The van der Waals surface area contributed by atoms with Crippen molar-refractivity contribution in [3.05, 3.63) is 69.8 Å². The molecule has 0 saturated carbocycles. The summed E-state index contributed by atoms with van der Waals surface area (Å²) in [5.41, 5.74) is 1.68. The second kappa shape index (κ2) is 7.93. The van der Waals surface area contributed by atoms with Gasteiger partial charge in [0.05, 0.1) is 22.7 Å². The Morgan fingerprint density at radius 2 is 2.04 bits per heavy atom. The normalized spacial score (nSPS) is 12.3. The molecule has 0 fully saturated rings. The first-order valence-electron chi connectivity index (χ1n) is 7.66. The summed E-state index contributed by atoms with van der Waals surface area (Å²) in [6.45, 7) is 4.06. The van der Waals surface area contributed by atoms with Crippen molar-refractivity contribution in [1.82, 2.24) is 0 Å². The van der Waals surface area contributed by atoms with Gasteiger partial charge in [0.1, 0.15) is 5.75 Å². The van der Waals surface area contributed by atoms with E-state index in [1.165, 1.54) is 12.1 Å². The summed E-state index contributed by atoms with van der Waals surface area (Å²) in [6, 6.07) is 15.6. The van der Waals surface area contributed by atoms with Crippen LogP contribution in [0.25, 0.3) is 11.6 Å². The van der Waals surface area contributed by atoms with Crippen LogP contribution in [0.5, 0.6) is 5.75 Å². The third-order valence-corrected chi connectivity index (χ3v) is 3.59. The number of nitro groups is 1. The predicted molar refractivity (Wildman–Crippen MR) is 93.4 cm³/mol. The van der Waals surface area contributed by atoms with E-state index in [1.807, 2.05) is 31.2 Å². The Hall–Kier alpha value is -3.13. The molecule has 2 aromatic rings. The number of rotatable bonds is 6. The first kappa shape index (κ1) is 17.2. The zero-order valence-corrected chi connectivity index (χ0v) is 13.6. The number of nitrogens with zero attached hydrogens (tertiary/aromatic N) is 2. The number of nitriles is 1. The molecule has 5 nitrogen and oxygen atoms in total. The lowest BCUT2D eigenvalue weighted by atomic mass is 10.0. The van der Waals surface area contributed by atoms with Gasteiger partial charge in [-0.2, -0.15) is 5.26 Å². The number of allylic oxidation sites excluding steroid dienone is 1. The van der Waals surface area contributed by atoms with Gasteiger partial charge in [0.2, 0.25) is 0 Å². The molecule has 2 rings (SSSR count). The second-order valence-corrected chi connectivity index (χ2v) is 5.38. The van der Waals surface area contributed by atoms with Crippen molar-refractivity contribution in [2.45, 2.75) is 26.4 Å². The lowest BCUT2D eigenvalue weighted by Gasteiger charge is -2.12. The molecule has 0 radical (unpaired) electrons. The second-order valence-electron chi connectivity index (χ2n) is 5.38. The van der Waals surface area contributed by atoms with E-state index < -0.39 is 4.92 Å². The van der Waals surface area contributed by atoms with Gasteiger partial charge in [0, 0.05) is 12.1 Å². The molecule has 0 unspecified atom stereocenters. The first-order valence-corrected chi connectivity index (χ1v) is 7.66. The smallest absolute Gasteiger partial charge is 0.270 e. The predicted octanol–water partition coefficient (Wildman–Crippen LogP) is 4.84. The van der Waals surface area contributed by atoms with Crippen molar-refractivity contribution in [2.75, 3.05) is 0 Å². The molecular weight excluding hydrogens is 304 g/mol. The van der Waals surface area contributed by atoms with Crippen LogP contribution >= 0.6 is 0 Å². The first-order chi connectivity index (χ1) is 11.5. The maximum absolute atomic E-state index is 10.9. The van der Waals surface area contributed by atoms with Gasteiger partial charge in [-0.25, -0.2) is 0 Å². The monoisotopic (exact) mass is 322 g/mol. The van der Waals surface area contributed by atoms with Gasteiger partial charge in [-0.05, 0) is 42.7 Å². The summed E-state index contributed by atoms with van der Waals surface area (Å²) in [6.07, 6.45) is 2.77. The van der Waals surface area contributed by atoms with Crippen LogP contribution in [-0.2, 0) is 0 Å². The zero-order chi connectivity index (χ0) is 17.5. The van der Waals surface area contributed by atoms with Gasteiger partial charge in [-0.15, -0.1) is 0 Å². The number of hydrogen-bond acceptors (Lipinski definition) is 4. The summed E-state index contributed by atoms with van der Waals surface area (Å²) < 4.78 is 5.72. The fourth-order valence-electron chi connectivity index (χ4n) is 2.09. The van der Waals surface area contributed by atoms with E-state index in [0.717, 1.165) is 17.7 Å². The highest BCUT2D eigenvalue weighted by Gasteiger charge is 2.09. The van der Waals surface area contributed by atoms with Crippen molar-refractivity contribution in [2.24, 2.45) is 0 Å². The van der Waals surface area contributed by atoms with Crippen LogP contribution in [0, 0.1) is 21.4 Å². The van der Waals surface area contributed by atoms with Crippen LogP contribution in [0.4, 0.5) is 5.69 Å². The Morgan fingerprint density at radius 3 is 2.62 bits per heavy atom. The maximum Gasteiger partial charge on any atom is 0.270 e. The van der Waals surface area contributed by atoms with Crippen LogP contribution in [0.3, 0.4) is 0 Å². The van der Waals surface area contributed by atoms with E-state index >= 15 is 0 Å². The Balaban J connectivity index is 2.26. The molecule has 0 N–H and O–H groups in total. The lowest BCUT2D eigenvalue weighted by Crippen LogP contribution is -2.09. The highest BCUT2D eigenvalue weighted by molar-refractivity contribution is 5.90. The van der Waals surface area contributed by atoms with Crippen LogP contribution < -0.4 is 4.74 Å². The minimum Gasteiger partial charge on any atom is -0.491 e. The summed E-state index contributed by atoms with van der Waals surface area (Å²) in [4.78, 5) is 10.4. The van der Waals surface area contributed by atoms with E-state index in [-0.39, 0.29) is 11.8 Å². The number of hydrogen-bond donors (Lipinski definition) is 0. The van der Waals surface area contributed by atoms with Crippen molar-refractivity contribution < 1.29 is 9.66 Å². The minimum absolute atomic E-state index is 0.0362. The molecule has 0 bridgehead atoms. The molecule has 0 aliphatic heterocycles. The van der Waals surface area contributed by atoms with Crippen molar-refractivity contribution in [3.63, 3.8) is 0 Å². The molecule has 2 aromatic carbocycles. The summed E-state index contributed by atoms with van der Waals surface area (Å²) in [5.74, 6) is 0.773. The van der Waals surface area contributed by atoms with E-state index in [9.17, 15) is 15.4 Å². The van der Waals surface area contributed by atoms with Crippen molar-refractivity contribution in [3.8, 4) is 11.8 Å². The van der Waals surface area contributed by atoms with Gasteiger partial charge < -0.3 is 4.74 Å². The highest BCUT2D eigenvalue weighted by atomic mass is 16.6. The van der Waals surface area contributed by atoms with E-state index in [0.29, 0.717) is 11.1 Å². The largest absolute Gasteiger partial charge is 0.491 e. The summed E-state index contributed by atoms with van der Waals surface area (Å²) in [7, 11) is 0. The third-order valence-electron chi connectivity index (χ3n) is 3.59. The lowest BCUT2D eigenvalue weighted by molar-refractivity contribution is -0.384. The SMILES string of the molecule is CC[C@@H](C)Oc1ccc(/C=C(/C#N)c2cccc([N+](=O)[O-])c2)cc1. The van der Waals surface area contributed by atoms with Gasteiger partial charge in [0.15, 0.2) is 0 Å². The minimum atomic E-state index is -0.473. The Bertz CT molecular complexity index is 789. The molecule has 0 aliphatic rings. The van der Waals surface area contributed by atoms with Gasteiger partial charge in [0.25, 0.3) is 5.69 Å². The molecule has 24 heavy (non-hydrogen) atoms. The Morgan fingerprint density at radius 1 is 1.33 bits per heavy atom. The van der Waals surface area contributed by atoms with E-state index in [1.54, 1.807) is 18.2 Å². The molecule has 5 heteroatoms. The van der Waals surface area contributed by atoms with Crippen molar-refractivity contribution in [1.29, 1.82) is 5.26 Å². The zero-order valence-electron chi connectivity index (χ0n) is 13.6. The third kappa shape index (κ3) is 4.43. The number of ether oxygens (including phenoxy) is 1. The molecule has 0 aromatic heterocycles. The summed E-state index contributed by atoms with van der Waals surface area (Å²) >= 11 is 0. The fourth-order valence-corrected chi connectivity index (χ4v) is 2.09. The molecule has 0 heterocycles. The van der Waals surface area contributed by atoms with Gasteiger partial charge in [-0.3, -0.25) is 10.1 Å².